The molecule has 3 rings (SSSR count). The molecule has 1 fully saturated rings. The fraction of sp³-hybridized carbons (Fsp3) is 0.353. The van der Waals surface area contributed by atoms with E-state index in [9.17, 15) is 8.42 Å². The van der Waals surface area contributed by atoms with E-state index in [0.717, 1.165) is 12.8 Å². The zero-order valence-electron chi connectivity index (χ0n) is 13.4. The van der Waals surface area contributed by atoms with Crippen molar-refractivity contribution >= 4 is 33.2 Å². The lowest BCUT2D eigenvalue weighted by molar-refractivity contribution is 0.138. The number of aromatic nitrogens is 1. The van der Waals surface area contributed by atoms with E-state index < -0.39 is 10.0 Å². The molecule has 1 aromatic heterocycles. The second-order valence-corrected chi connectivity index (χ2v) is 8.48. The molecule has 1 heterocycles. The largest absolute Gasteiger partial charge is 0.474 e. The third-order valence-electron chi connectivity index (χ3n) is 4.10. The zero-order valence-corrected chi connectivity index (χ0v) is 15.7. The highest BCUT2D eigenvalue weighted by Crippen LogP contribution is 2.27. The molecule has 0 spiro atoms. The van der Waals surface area contributed by atoms with Crippen LogP contribution >= 0.6 is 23.2 Å². The van der Waals surface area contributed by atoms with Crippen molar-refractivity contribution < 1.29 is 13.2 Å². The average Bonchev–Trinajstić information content (AvgIpc) is 2.59. The third kappa shape index (κ3) is 4.85. The van der Waals surface area contributed by atoms with Crippen molar-refractivity contribution in [2.24, 2.45) is 0 Å². The lowest BCUT2D eigenvalue weighted by Crippen LogP contribution is -2.39. The van der Waals surface area contributed by atoms with Gasteiger partial charge in [0.25, 0.3) is 0 Å². The first-order chi connectivity index (χ1) is 11.9. The molecule has 5 nitrogen and oxygen atoms in total. The van der Waals surface area contributed by atoms with Crippen molar-refractivity contribution in [3.05, 3.63) is 52.6 Å². The summed E-state index contributed by atoms with van der Waals surface area (Å²) >= 11 is 11.9. The van der Waals surface area contributed by atoms with Gasteiger partial charge >= 0.3 is 0 Å². The van der Waals surface area contributed by atoms with Crippen molar-refractivity contribution in [2.75, 3.05) is 0 Å². The van der Waals surface area contributed by atoms with Crippen LogP contribution in [0.4, 0.5) is 0 Å². The molecule has 25 heavy (non-hydrogen) atoms. The van der Waals surface area contributed by atoms with Crippen LogP contribution in [0.2, 0.25) is 10.0 Å². The van der Waals surface area contributed by atoms with Gasteiger partial charge in [-0.3, -0.25) is 0 Å². The molecule has 0 atom stereocenters. The summed E-state index contributed by atoms with van der Waals surface area (Å²) in [6, 6.07) is 9.77. The number of hydrogen-bond acceptors (Lipinski definition) is 4. The SMILES string of the molecule is O=S(=O)(NC1CCC(Oc2ccccn2)CC1)c1cc(Cl)ccc1Cl. The standard InChI is InChI=1S/C17H18Cl2N2O3S/c18-12-4-9-15(19)16(11-12)25(22,23)21-13-5-7-14(8-6-13)24-17-3-1-2-10-20-17/h1-4,9-11,13-14,21H,5-8H2. The summed E-state index contributed by atoms with van der Waals surface area (Å²) < 4.78 is 33.6. The first kappa shape index (κ1) is 18.5. The van der Waals surface area contributed by atoms with Crippen molar-refractivity contribution in [3.8, 4) is 5.88 Å². The molecule has 0 saturated heterocycles. The van der Waals surface area contributed by atoms with Gasteiger partial charge < -0.3 is 4.74 Å². The summed E-state index contributed by atoms with van der Waals surface area (Å²) in [7, 11) is -3.71. The normalized spacial score (nSPS) is 21.0. The Morgan fingerprint density at radius 2 is 1.84 bits per heavy atom. The summed E-state index contributed by atoms with van der Waals surface area (Å²) in [4.78, 5) is 4.16. The Balaban J connectivity index is 1.59. The summed E-state index contributed by atoms with van der Waals surface area (Å²) in [5.74, 6) is 0.595. The summed E-state index contributed by atoms with van der Waals surface area (Å²) in [5.41, 5.74) is 0. The highest BCUT2D eigenvalue weighted by atomic mass is 35.5. The van der Waals surface area contributed by atoms with Gasteiger partial charge in [-0.05, 0) is 49.9 Å². The predicted molar refractivity (Wildman–Crippen MR) is 97.7 cm³/mol. The fourth-order valence-electron chi connectivity index (χ4n) is 2.85. The number of rotatable bonds is 5. The molecule has 8 heteroatoms. The van der Waals surface area contributed by atoms with Crippen molar-refractivity contribution in [1.82, 2.24) is 9.71 Å². The molecule has 0 amide bonds. The third-order valence-corrected chi connectivity index (χ3v) is 6.34. The van der Waals surface area contributed by atoms with Gasteiger partial charge in [0.2, 0.25) is 15.9 Å². The van der Waals surface area contributed by atoms with Crippen LogP contribution in [0, 0.1) is 0 Å². The molecule has 1 aliphatic rings. The first-order valence-electron chi connectivity index (χ1n) is 7.99. The number of hydrogen-bond donors (Lipinski definition) is 1. The Morgan fingerprint density at radius 1 is 1.08 bits per heavy atom. The molecule has 0 radical (unpaired) electrons. The second kappa shape index (κ2) is 7.91. The Kier molecular flexibility index (Phi) is 5.84. The molecule has 2 aromatic rings. The second-order valence-electron chi connectivity index (χ2n) is 5.96. The average molecular weight is 401 g/mol. The lowest BCUT2D eigenvalue weighted by atomic mass is 9.94. The highest BCUT2D eigenvalue weighted by molar-refractivity contribution is 7.89. The lowest BCUT2D eigenvalue weighted by Gasteiger charge is -2.29. The molecular weight excluding hydrogens is 383 g/mol. The van der Waals surface area contributed by atoms with Crippen LogP contribution in [0.3, 0.4) is 0 Å². The van der Waals surface area contributed by atoms with Crippen LogP contribution in [0.25, 0.3) is 0 Å². The molecule has 0 aliphatic heterocycles. The Hall–Kier alpha value is -1.34. The number of benzene rings is 1. The van der Waals surface area contributed by atoms with Crippen LogP contribution in [0.1, 0.15) is 25.7 Å². The van der Waals surface area contributed by atoms with E-state index in [1.165, 1.54) is 12.1 Å². The molecule has 0 unspecified atom stereocenters. The molecule has 1 aromatic carbocycles. The minimum absolute atomic E-state index is 0.00789. The molecular formula is C17H18Cl2N2O3S. The summed E-state index contributed by atoms with van der Waals surface area (Å²) in [6.07, 6.45) is 4.62. The molecule has 1 N–H and O–H groups in total. The van der Waals surface area contributed by atoms with E-state index in [0.29, 0.717) is 23.7 Å². The number of halogens is 2. The predicted octanol–water partition coefficient (Wildman–Crippen LogP) is 4.06. The van der Waals surface area contributed by atoms with E-state index in [1.54, 1.807) is 12.3 Å². The summed E-state index contributed by atoms with van der Waals surface area (Å²) in [5, 5.41) is 0.487. The van der Waals surface area contributed by atoms with E-state index in [2.05, 4.69) is 9.71 Å². The van der Waals surface area contributed by atoms with E-state index in [4.69, 9.17) is 27.9 Å². The van der Waals surface area contributed by atoms with Gasteiger partial charge in [0.15, 0.2) is 0 Å². The van der Waals surface area contributed by atoms with Gasteiger partial charge in [-0.15, -0.1) is 0 Å². The number of sulfonamides is 1. The Morgan fingerprint density at radius 3 is 2.52 bits per heavy atom. The van der Waals surface area contributed by atoms with Gasteiger partial charge in [0, 0.05) is 23.3 Å². The van der Waals surface area contributed by atoms with Crippen molar-refractivity contribution in [3.63, 3.8) is 0 Å². The molecule has 0 bridgehead atoms. The van der Waals surface area contributed by atoms with Gasteiger partial charge in [-0.1, -0.05) is 29.3 Å². The maximum Gasteiger partial charge on any atom is 0.242 e. The van der Waals surface area contributed by atoms with E-state index >= 15 is 0 Å². The number of nitrogens with one attached hydrogen (secondary N) is 1. The molecule has 1 aliphatic carbocycles. The van der Waals surface area contributed by atoms with Crippen LogP contribution in [0.5, 0.6) is 5.88 Å². The van der Waals surface area contributed by atoms with Gasteiger partial charge in [0.05, 0.1) is 5.02 Å². The van der Waals surface area contributed by atoms with E-state index in [-0.39, 0.29) is 22.1 Å². The molecule has 134 valence electrons. The van der Waals surface area contributed by atoms with Gasteiger partial charge in [0.1, 0.15) is 11.0 Å². The first-order valence-corrected chi connectivity index (χ1v) is 10.2. The smallest absolute Gasteiger partial charge is 0.242 e. The maximum atomic E-state index is 12.6. The van der Waals surface area contributed by atoms with Crippen molar-refractivity contribution in [2.45, 2.75) is 42.7 Å². The quantitative estimate of drug-likeness (QED) is 0.821. The Bertz CT molecular complexity index is 823. The minimum Gasteiger partial charge on any atom is -0.474 e. The van der Waals surface area contributed by atoms with E-state index in [1.807, 2.05) is 18.2 Å². The number of ether oxygens (including phenoxy) is 1. The Labute approximate surface area is 157 Å². The van der Waals surface area contributed by atoms with Crippen LogP contribution in [-0.2, 0) is 10.0 Å². The van der Waals surface area contributed by atoms with Crippen LogP contribution < -0.4 is 9.46 Å². The van der Waals surface area contributed by atoms with Crippen molar-refractivity contribution in [1.29, 1.82) is 0 Å². The van der Waals surface area contributed by atoms with Crippen LogP contribution in [-0.4, -0.2) is 25.5 Å². The maximum absolute atomic E-state index is 12.6. The highest BCUT2D eigenvalue weighted by Gasteiger charge is 2.28. The monoisotopic (exact) mass is 400 g/mol. The number of nitrogens with zero attached hydrogens (tertiary/aromatic N) is 1. The van der Waals surface area contributed by atoms with Gasteiger partial charge in [-0.25, -0.2) is 18.1 Å². The van der Waals surface area contributed by atoms with Crippen LogP contribution in [0.15, 0.2) is 47.5 Å². The summed E-state index contributed by atoms with van der Waals surface area (Å²) in [6.45, 7) is 0. The fourth-order valence-corrected chi connectivity index (χ4v) is 4.92. The topological polar surface area (TPSA) is 68.3 Å². The minimum atomic E-state index is -3.71. The van der Waals surface area contributed by atoms with Gasteiger partial charge in [-0.2, -0.15) is 0 Å². The zero-order chi connectivity index (χ0) is 17.9. The molecule has 1 saturated carbocycles. The number of pyridine rings is 1.